The zero-order valence-electron chi connectivity index (χ0n) is 10.5. The molecule has 2 aromatic rings. The molecule has 0 aliphatic heterocycles. The number of ketones is 1. The molecule has 9 heteroatoms. The maximum atomic E-state index is 12.2. The zero-order valence-corrected chi connectivity index (χ0v) is 11.2. The fourth-order valence-corrected chi connectivity index (χ4v) is 1.57. The molecule has 0 unspecified atom stereocenters. The predicted molar refractivity (Wildman–Crippen MR) is 67.4 cm³/mol. The molecule has 0 N–H and O–H groups in total. The Hall–Kier alpha value is -2.09. The van der Waals surface area contributed by atoms with Gasteiger partial charge in [-0.25, -0.2) is 4.68 Å². The van der Waals surface area contributed by atoms with Crippen molar-refractivity contribution in [2.75, 3.05) is 6.61 Å². The number of carbonyl (C=O) groups excluding carboxylic acids is 1. The van der Waals surface area contributed by atoms with Gasteiger partial charge in [0.1, 0.15) is 12.4 Å². The first-order valence-electron chi connectivity index (χ1n) is 5.76. The van der Waals surface area contributed by atoms with Crippen LogP contribution in [-0.4, -0.2) is 33.6 Å². The molecule has 1 aromatic heterocycles. The molecular formula is C12H9ClF3N3O2. The number of benzene rings is 1. The van der Waals surface area contributed by atoms with Gasteiger partial charge in [-0.15, -0.1) is 5.10 Å². The highest BCUT2D eigenvalue weighted by Crippen LogP contribution is 2.20. The lowest BCUT2D eigenvalue weighted by molar-refractivity contribution is -0.0888. The van der Waals surface area contributed by atoms with Gasteiger partial charge < -0.3 is 4.74 Å². The van der Waals surface area contributed by atoms with E-state index in [0.29, 0.717) is 10.8 Å². The molecule has 0 radical (unpaired) electrons. The van der Waals surface area contributed by atoms with Crippen molar-refractivity contribution in [2.24, 2.45) is 0 Å². The van der Waals surface area contributed by atoms with Crippen molar-refractivity contribution in [2.45, 2.75) is 12.7 Å². The fourth-order valence-electron chi connectivity index (χ4n) is 1.44. The molecule has 0 spiro atoms. The highest BCUT2D eigenvalue weighted by atomic mass is 35.5. The van der Waals surface area contributed by atoms with Gasteiger partial charge >= 0.3 is 6.18 Å². The second kappa shape index (κ2) is 6.13. The highest BCUT2D eigenvalue weighted by molar-refractivity contribution is 6.30. The molecule has 0 aliphatic carbocycles. The number of aromatic nitrogens is 3. The maximum absolute atomic E-state index is 12.2. The van der Waals surface area contributed by atoms with Crippen molar-refractivity contribution in [3.63, 3.8) is 0 Å². The molecule has 5 nitrogen and oxygen atoms in total. The highest BCUT2D eigenvalue weighted by Gasteiger charge is 2.41. The van der Waals surface area contributed by atoms with Crippen molar-refractivity contribution in [1.82, 2.24) is 15.0 Å². The lowest BCUT2D eigenvalue weighted by Gasteiger charge is -2.05. The molecule has 0 fully saturated rings. The first-order valence-corrected chi connectivity index (χ1v) is 6.14. The zero-order chi connectivity index (χ0) is 15.5. The van der Waals surface area contributed by atoms with Crippen LogP contribution in [0.25, 0.3) is 0 Å². The molecule has 0 amide bonds. The first-order chi connectivity index (χ1) is 9.86. The molecular weight excluding hydrogens is 311 g/mol. The number of hydrogen-bond donors (Lipinski definition) is 0. The van der Waals surface area contributed by atoms with Crippen LogP contribution in [0.3, 0.4) is 0 Å². The van der Waals surface area contributed by atoms with Crippen LogP contribution in [0.1, 0.15) is 10.5 Å². The number of hydrogen-bond acceptors (Lipinski definition) is 4. The van der Waals surface area contributed by atoms with Crippen LogP contribution in [0.2, 0.25) is 5.02 Å². The van der Waals surface area contributed by atoms with Gasteiger partial charge in [0.25, 0.3) is 5.78 Å². The Bertz CT molecular complexity index is 625. The fraction of sp³-hybridized carbons (Fsp3) is 0.250. The molecule has 0 bridgehead atoms. The summed E-state index contributed by atoms with van der Waals surface area (Å²) in [4.78, 5) is 10.9. The summed E-state index contributed by atoms with van der Waals surface area (Å²) in [6, 6.07) is 6.60. The normalized spacial score (nSPS) is 11.4. The summed E-state index contributed by atoms with van der Waals surface area (Å²) in [7, 11) is 0. The van der Waals surface area contributed by atoms with Gasteiger partial charge in [0.15, 0.2) is 5.69 Å². The molecule has 21 heavy (non-hydrogen) atoms. The van der Waals surface area contributed by atoms with Crippen LogP contribution in [-0.2, 0) is 6.54 Å². The average molecular weight is 320 g/mol. The Labute approximate surface area is 122 Å². The number of halogens is 4. The van der Waals surface area contributed by atoms with Crippen molar-refractivity contribution < 1.29 is 22.7 Å². The van der Waals surface area contributed by atoms with E-state index in [0.717, 1.165) is 10.9 Å². The lowest BCUT2D eigenvalue weighted by Crippen LogP contribution is -2.23. The van der Waals surface area contributed by atoms with Gasteiger partial charge in [-0.3, -0.25) is 4.79 Å². The van der Waals surface area contributed by atoms with Crippen molar-refractivity contribution in [1.29, 1.82) is 0 Å². The number of ether oxygens (including phenoxy) is 1. The topological polar surface area (TPSA) is 57.0 Å². The van der Waals surface area contributed by atoms with E-state index in [1.165, 1.54) is 0 Å². The SMILES string of the molecule is O=C(c1cn(CCOc2ccc(Cl)cc2)nn1)C(F)(F)F. The summed E-state index contributed by atoms with van der Waals surface area (Å²) in [5.41, 5.74) is -0.742. The molecule has 1 aromatic carbocycles. The summed E-state index contributed by atoms with van der Waals surface area (Å²) >= 11 is 5.71. The summed E-state index contributed by atoms with van der Waals surface area (Å²) in [6.07, 6.45) is -4.03. The van der Waals surface area contributed by atoms with E-state index >= 15 is 0 Å². The second-order valence-corrected chi connectivity index (χ2v) is 4.43. The number of rotatable bonds is 5. The van der Waals surface area contributed by atoms with Crippen LogP contribution in [0, 0.1) is 0 Å². The standard InChI is InChI=1S/C12H9ClF3N3O2/c13-8-1-3-9(4-2-8)21-6-5-19-7-10(17-18-19)11(20)12(14,15)16/h1-4,7H,5-6H2. The van der Waals surface area contributed by atoms with Gasteiger partial charge in [-0.1, -0.05) is 16.8 Å². The van der Waals surface area contributed by atoms with E-state index in [2.05, 4.69) is 10.3 Å². The summed E-state index contributed by atoms with van der Waals surface area (Å²) in [5, 5.41) is 7.19. The van der Waals surface area contributed by atoms with Gasteiger partial charge in [-0.2, -0.15) is 13.2 Å². The average Bonchev–Trinajstić information content (AvgIpc) is 2.88. The van der Waals surface area contributed by atoms with Crippen LogP contribution < -0.4 is 4.74 Å². The van der Waals surface area contributed by atoms with Gasteiger partial charge in [0.05, 0.1) is 12.7 Å². The minimum Gasteiger partial charge on any atom is -0.492 e. The van der Waals surface area contributed by atoms with E-state index in [9.17, 15) is 18.0 Å². The van der Waals surface area contributed by atoms with E-state index in [-0.39, 0.29) is 13.2 Å². The first kappa shape index (κ1) is 15.3. The Kier molecular flexibility index (Phi) is 4.46. The number of carbonyl (C=O) groups is 1. The third-order valence-electron chi connectivity index (χ3n) is 2.43. The molecule has 112 valence electrons. The van der Waals surface area contributed by atoms with Crippen LogP contribution >= 0.6 is 11.6 Å². The Morgan fingerprint density at radius 2 is 1.95 bits per heavy atom. The van der Waals surface area contributed by atoms with E-state index < -0.39 is 17.7 Å². The minimum atomic E-state index is -4.96. The van der Waals surface area contributed by atoms with Gasteiger partial charge in [-0.05, 0) is 24.3 Å². The number of alkyl halides is 3. The van der Waals surface area contributed by atoms with E-state index in [1.54, 1.807) is 24.3 Å². The molecule has 1 heterocycles. The molecule has 0 saturated heterocycles. The molecule has 0 atom stereocenters. The third kappa shape index (κ3) is 4.19. The van der Waals surface area contributed by atoms with Crippen molar-refractivity contribution in [3.05, 3.63) is 41.2 Å². The smallest absolute Gasteiger partial charge is 0.456 e. The minimum absolute atomic E-state index is 0.154. The third-order valence-corrected chi connectivity index (χ3v) is 2.68. The number of nitrogens with zero attached hydrogens (tertiary/aromatic N) is 3. The van der Waals surface area contributed by atoms with E-state index in [1.807, 2.05) is 0 Å². The lowest BCUT2D eigenvalue weighted by atomic mass is 10.3. The Balaban J connectivity index is 1.88. The van der Waals surface area contributed by atoms with E-state index in [4.69, 9.17) is 16.3 Å². The summed E-state index contributed by atoms with van der Waals surface area (Å²) < 4.78 is 43.0. The molecule has 2 rings (SSSR count). The second-order valence-electron chi connectivity index (χ2n) is 4.00. The number of Topliss-reactive ketones (excluding diaryl/α,β-unsaturated/α-hetero) is 1. The van der Waals surface area contributed by atoms with Crippen LogP contribution in [0.5, 0.6) is 5.75 Å². The van der Waals surface area contributed by atoms with Crippen LogP contribution in [0.15, 0.2) is 30.5 Å². The quantitative estimate of drug-likeness (QED) is 0.795. The van der Waals surface area contributed by atoms with Crippen molar-refractivity contribution >= 4 is 17.4 Å². The Morgan fingerprint density at radius 3 is 2.57 bits per heavy atom. The molecule has 0 saturated carbocycles. The largest absolute Gasteiger partial charge is 0.492 e. The Morgan fingerprint density at radius 1 is 1.29 bits per heavy atom. The van der Waals surface area contributed by atoms with Crippen molar-refractivity contribution in [3.8, 4) is 5.75 Å². The van der Waals surface area contributed by atoms with Gasteiger partial charge in [0.2, 0.25) is 0 Å². The van der Waals surface area contributed by atoms with Gasteiger partial charge in [0, 0.05) is 5.02 Å². The summed E-state index contributed by atoms with van der Waals surface area (Å²) in [6.45, 7) is 0.311. The molecule has 0 aliphatic rings. The maximum Gasteiger partial charge on any atom is 0.456 e. The predicted octanol–water partition coefficient (Wildman–Crippen LogP) is 2.76. The monoisotopic (exact) mass is 319 g/mol. The van der Waals surface area contributed by atoms with Crippen LogP contribution in [0.4, 0.5) is 13.2 Å². The summed E-state index contributed by atoms with van der Waals surface area (Å²) in [5.74, 6) is -1.46.